The maximum Gasteiger partial charge on any atom is 0.224 e. The SMILES string of the molecule is COc1cc(C)c(CC(=O)NC2CCCCCC2)c(C)c1. The van der Waals surface area contributed by atoms with Gasteiger partial charge in [-0.15, -0.1) is 0 Å². The third-order valence-corrected chi connectivity index (χ3v) is 4.46. The molecule has 1 aliphatic rings. The average Bonchev–Trinajstić information content (AvgIpc) is 2.71. The molecule has 3 heteroatoms. The standard InChI is InChI=1S/C18H27NO2/c1-13-10-16(21-3)11-14(2)17(13)12-18(20)19-15-8-6-4-5-7-9-15/h10-11,15H,4-9,12H2,1-3H3,(H,19,20). The van der Waals surface area contributed by atoms with Crippen molar-refractivity contribution in [2.24, 2.45) is 0 Å². The number of benzene rings is 1. The van der Waals surface area contributed by atoms with Crippen LogP contribution in [0.4, 0.5) is 0 Å². The molecule has 0 aromatic heterocycles. The van der Waals surface area contributed by atoms with E-state index >= 15 is 0 Å². The van der Waals surface area contributed by atoms with E-state index in [1.54, 1.807) is 7.11 Å². The zero-order valence-electron chi connectivity index (χ0n) is 13.5. The van der Waals surface area contributed by atoms with Crippen LogP contribution >= 0.6 is 0 Å². The van der Waals surface area contributed by atoms with Gasteiger partial charge in [-0.1, -0.05) is 25.7 Å². The van der Waals surface area contributed by atoms with Gasteiger partial charge in [-0.25, -0.2) is 0 Å². The van der Waals surface area contributed by atoms with E-state index in [2.05, 4.69) is 5.32 Å². The fourth-order valence-electron chi connectivity index (χ4n) is 3.21. The summed E-state index contributed by atoms with van der Waals surface area (Å²) in [6, 6.07) is 4.38. The molecular weight excluding hydrogens is 262 g/mol. The third kappa shape index (κ3) is 4.48. The molecule has 0 heterocycles. The van der Waals surface area contributed by atoms with Crippen molar-refractivity contribution in [3.8, 4) is 5.75 Å². The van der Waals surface area contributed by atoms with Crippen molar-refractivity contribution in [2.75, 3.05) is 7.11 Å². The van der Waals surface area contributed by atoms with Gasteiger partial charge in [0.2, 0.25) is 5.91 Å². The predicted octanol–water partition coefficient (Wildman–Crippen LogP) is 3.69. The number of methoxy groups -OCH3 is 1. The van der Waals surface area contributed by atoms with Crippen LogP contribution in [0.3, 0.4) is 0 Å². The Morgan fingerprint density at radius 1 is 1.14 bits per heavy atom. The van der Waals surface area contributed by atoms with Crippen LogP contribution in [0, 0.1) is 13.8 Å². The molecule has 0 bridgehead atoms. The molecule has 0 aliphatic heterocycles. The summed E-state index contributed by atoms with van der Waals surface area (Å²) in [5.41, 5.74) is 3.38. The number of carbonyl (C=O) groups is 1. The van der Waals surface area contributed by atoms with Crippen LogP contribution in [0.2, 0.25) is 0 Å². The van der Waals surface area contributed by atoms with Crippen LogP contribution in [0.5, 0.6) is 5.75 Å². The van der Waals surface area contributed by atoms with E-state index < -0.39 is 0 Å². The smallest absolute Gasteiger partial charge is 0.224 e. The first-order valence-electron chi connectivity index (χ1n) is 8.03. The Kier molecular flexibility index (Phi) is 5.66. The summed E-state index contributed by atoms with van der Waals surface area (Å²) in [7, 11) is 1.67. The van der Waals surface area contributed by atoms with Crippen LogP contribution in [-0.2, 0) is 11.2 Å². The van der Waals surface area contributed by atoms with Gasteiger partial charge in [-0.05, 0) is 55.5 Å². The van der Waals surface area contributed by atoms with Gasteiger partial charge in [0.05, 0.1) is 13.5 Å². The van der Waals surface area contributed by atoms with Crippen molar-refractivity contribution in [2.45, 2.75) is 64.8 Å². The average molecular weight is 289 g/mol. The molecule has 1 aromatic rings. The Hall–Kier alpha value is -1.51. The van der Waals surface area contributed by atoms with Gasteiger partial charge in [0.1, 0.15) is 5.75 Å². The van der Waals surface area contributed by atoms with Crippen LogP contribution in [0.1, 0.15) is 55.2 Å². The Labute approximate surface area is 128 Å². The summed E-state index contributed by atoms with van der Waals surface area (Å²) in [5, 5.41) is 3.22. The number of nitrogens with one attached hydrogen (secondary N) is 1. The van der Waals surface area contributed by atoms with Gasteiger partial charge in [0.15, 0.2) is 0 Å². The normalized spacial score (nSPS) is 16.3. The van der Waals surface area contributed by atoms with Crippen molar-refractivity contribution in [1.29, 1.82) is 0 Å². The van der Waals surface area contributed by atoms with Crippen molar-refractivity contribution < 1.29 is 9.53 Å². The van der Waals surface area contributed by atoms with E-state index in [-0.39, 0.29) is 5.91 Å². The lowest BCUT2D eigenvalue weighted by molar-refractivity contribution is -0.121. The molecule has 0 radical (unpaired) electrons. The minimum Gasteiger partial charge on any atom is -0.497 e. The highest BCUT2D eigenvalue weighted by molar-refractivity contribution is 5.79. The predicted molar refractivity (Wildman–Crippen MR) is 85.8 cm³/mol. The minimum absolute atomic E-state index is 0.151. The monoisotopic (exact) mass is 289 g/mol. The maximum absolute atomic E-state index is 12.3. The second-order valence-electron chi connectivity index (χ2n) is 6.17. The Morgan fingerprint density at radius 3 is 2.24 bits per heavy atom. The van der Waals surface area contributed by atoms with E-state index in [0.29, 0.717) is 12.5 Å². The number of hydrogen-bond donors (Lipinski definition) is 1. The quantitative estimate of drug-likeness (QED) is 0.858. The number of hydrogen-bond acceptors (Lipinski definition) is 2. The topological polar surface area (TPSA) is 38.3 Å². The van der Waals surface area contributed by atoms with Gasteiger partial charge in [-0.2, -0.15) is 0 Å². The first-order valence-corrected chi connectivity index (χ1v) is 8.03. The molecule has 1 fully saturated rings. The molecule has 0 spiro atoms. The van der Waals surface area contributed by atoms with Gasteiger partial charge >= 0.3 is 0 Å². The molecule has 116 valence electrons. The van der Waals surface area contributed by atoms with Crippen molar-refractivity contribution in [3.05, 3.63) is 28.8 Å². The summed E-state index contributed by atoms with van der Waals surface area (Å²) in [6.07, 6.45) is 7.83. The second kappa shape index (κ2) is 7.48. The molecule has 1 aromatic carbocycles. The molecule has 3 nitrogen and oxygen atoms in total. The van der Waals surface area contributed by atoms with E-state index in [9.17, 15) is 4.79 Å². The molecule has 0 unspecified atom stereocenters. The lowest BCUT2D eigenvalue weighted by Gasteiger charge is -2.18. The number of amides is 1. The molecule has 1 aliphatic carbocycles. The lowest BCUT2D eigenvalue weighted by atomic mass is 9.98. The molecule has 1 saturated carbocycles. The van der Waals surface area contributed by atoms with Crippen molar-refractivity contribution in [1.82, 2.24) is 5.32 Å². The largest absolute Gasteiger partial charge is 0.497 e. The van der Waals surface area contributed by atoms with E-state index in [1.165, 1.54) is 25.7 Å². The Morgan fingerprint density at radius 2 is 1.71 bits per heavy atom. The Balaban J connectivity index is 1.99. The van der Waals surface area contributed by atoms with Crippen LogP contribution < -0.4 is 10.1 Å². The van der Waals surface area contributed by atoms with Crippen LogP contribution in [-0.4, -0.2) is 19.1 Å². The summed E-state index contributed by atoms with van der Waals surface area (Å²) < 4.78 is 5.27. The number of aryl methyl sites for hydroxylation is 2. The fourth-order valence-corrected chi connectivity index (χ4v) is 3.21. The Bertz CT molecular complexity index is 465. The zero-order chi connectivity index (χ0) is 15.2. The third-order valence-electron chi connectivity index (χ3n) is 4.46. The van der Waals surface area contributed by atoms with Gasteiger partial charge in [0, 0.05) is 6.04 Å². The molecule has 1 amide bonds. The molecule has 21 heavy (non-hydrogen) atoms. The first-order chi connectivity index (χ1) is 10.1. The highest BCUT2D eigenvalue weighted by atomic mass is 16.5. The summed E-state index contributed by atoms with van der Waals surface area (Å²) in [6.45, 7) is 4.09. The number of carbonyl (C=O) groups excluding carboxylic acids is 1. The molecule has 0 saturated heterocycles. The maximum atomic E-state index is 12.3. The summed E-state index contributed by atoms with van der Waals surface area (Å²) in [5.74, 6) is 1.01. The molecule has 1 N–H and O–H groups in total. The molecular formula is C18H27NO2. The summed E-state index contributed by atoms with van der Waals surface area (Å²) in [4.78, 5) is 12.3. The first kappa shape index (κ1) is 15.9. The number of rotatable bonds is 4. The van der Waals surface area contributed by atoms with Gasteiger partial charge in [-0.3, -0.25) is 4.79 Å². The highest BCUT2D eigenvalue weighted by Gasteiger charge is 2.16. The number of ether oxygens (including phenoxy) is 1. The van der Waals surface area contributed by atoms with E-state index in [4.69, 9.17) is 4.74 Å². The van der Waals surface area contributed by atoms with Gasteiger partial charge < -0.3 is 10.1 Å². The van der Waals surface area contributed by atoms with E-state index in [0.717, 1.165) is 35.3 Å². The van der Waals surface area contributed by atoms with Crippen molar-refractivity contribution in [3.63, 3.8) is 0 Å². The molecule has 0 atom stereocenters. The van der Waals surface area contributed by atoms with E-state index in [1.807, 2.05) is 26.0 Å². The van der Waals surface area contributed by atoms with Crippen LogP contribution in [0.25, 0.3) is 0 Å². The highest BCUT2D eigenvalue weighted by Crippen LogP contribution is 2.22. The zero-order valence-corrected chi connectivity index (χ0v) is 13.5. The molecule has 2 rings (SSSR count). The second-order valence-corrected chi connectivity index (χ2v) is 6.17. The van der Waals surface area contributed by atoms with Gasteiger partial charge in [0.25, 0.3) is 0 Å². The van der Waals surface area contributed by atoms with Crippen molar-refractivity contribution >= 4 is 5.91 Å². The fraction of sp³-hybridized carbons (Fsp3) is 0.611. The lowest BCUT2D eigenvalue weighted by Crippen LogP contribution is -2.35. The van der Waals surface area contributed by atoms with Crippen LogP contribution in [0.15, 0.2) is 12.1 Å². The summed E-state index contributed by atoms with van der Waals surface area (Å²) >= 11 is 0. The minimum atomic E-state index is 0.151.